The first kappa shape index (κ1) is 15.5. The van der Waals surface area contributed by atoms with E-state index in [1.54, 1.807) is 11.8 Å². The summed E-state index contributed by atoms with van der Waals surface area (Å²) in [6, 6.07) is 17.1. The highest BCUT2D eigenvalue weighted by Crippen LogP contribution is 2.31. The summed E-state index contributed by atoms with van der Waals surface area (Å²) in [5.41, 5.74) is 3.81. The van der Waals surface area contributed by atoms with Gasteiger partial charge in [-0.2, -0.15) is 0 Å². The molecule has 1 atom stereocenters. The molecule has 2 rings (SSSR count). The fourth-order valence-corrected chi connectivity index (χ4v) is 2.82. The maximum Gasteiger partial charge on any atom is 0.0835 e. The molecule has 0 bridgehead atoms. The van der Waals surface area contributed by atoms with Gasteiger partial charge in [0.15, 0.2) is 0 Å². The summed E-state index contributed by atoms with van der Waals surface area (Å²) in [5.74, 6) is 0. The molecule has 0 fully saturated rings. The van der Waals surface area contributed by atoms with Gasteiger partial charge in [0.1, 0.15) is 0 Å². The smallest absolute Gasteiger partial charge is 0.0835 e. The molecular formula is C18H21ClS. The first-order valence-electron chi connectivity index (χ1n) is 6.80. The van der Waals surface area contributed by atoms with Crippen LogP contribution in [-0.2, 0) is 5.41 Å². The molecule has 1 unspecified atom stereocenters. The molecule has 0 heterocycles. The van der Waals surface area contributed by atoms with Gasteiger partial charge in [0, 0.05) is 4.90 Å². The van der Waals surface area contributed by atoms with E-state index < -0.39 is 0 Å². The van der Waals surface area contributed by atoms with E-state index in [0.29, 0.717) is 0 Å². The van der Waals surface area contributed by atoms with E-state index in [0.717, 1.165) is 11.1 Å². The van der Waals surface area contributed by atoms with Gasteiger partial charge in [-0.25, -0.2) is 0 Å². The zero-order valence-electron chi connectivity index (χ0n) is 12.5. The average molecular weight is 305 g/mol. The normalized spacial score (nSPS) is 13.2. The lowest BCUT2D eigenvalue weighted by Crippen LogP contribution is -2.10. The Morgan fingerprint density at radius 2 is 1.30 bits per heavy atom. The van der Waals surface area contributed by atoms with Crippen LogP contribution in [0, 0.1) is 0 Å². The predicted octanol–water partition coefficient (Wildman–Crippen LogP) is 6.03. The molecule has 0 aliphatic carbocycles. The van der Waals surface area contributed by atoms with Crippen molar-refractivity contribution in [2.24, 2.45) is 0 Å². The molecular weight excluding hydrogens is 284 g/mol. The van der Waals surface area contributed by atoms with Gasteiger partial charge in [-0.15, -0.1) is 23.4 Å². The zero-order chi connectivity index (χ0) is 14.8. The van der Waals surface area contributed by atoms with Gasteiger partial charge in [0.05, 0.1) is 5.38 Å². The van der Waals surface area contributed by atoms with E-state index in [2.05, 4.69) is 75.6 Å². The summed E-state index contributed by atoms with van der Waals surface area (Å²) in [6.07, 6.45) is 2.08. The number of thioether (sulfide) groups is 1. The summed E-state index contributed by atoms with van der Waals surface area (Å²) < 4.78 is 0. The third-order valence-electron chi connectivity index (χ3n) is 3.48. The van der Waals surface area contributed by atoms with Crippen LogP contribution in [0.5, 0.6) is 0 Å². The Balaban J connectivity index is 2.22. The first-order valence-corrected chi connectivity index (χ1v) is 8.46. The van der Waals surface area contributed by atoms with Gasteiger partial charge in [-0.1, -0.05) is 57.2 Å². The largest absolute Gasteiger partial charge is 0.130 e. The van der Waals surface area contributed by atoms with Crippen LogP contribution in [0.1, 0.15) is 42.8 Å². The highest BCUT2D eigenvalue weighted by Gasteiger charge is 2.15. The molecule has 0 saturated carbocycles. The molecule has 0 saturated heterocycles. The van der Waals surface area contributed by atoms with Crippen LogP contribution in [0.15, 0.2) is 53.4 Å². The Bertz CT molecular complexity index is 549. The average Bonchev–Trinajstić information content (AvgIpc) is 2.46. The predicted molar refractivity (Wildman–Crippen MR) is 91.1 cm³/mol. The number of halogens is 1. The molecule has 2 aromatic rings. The SMILES string of the molecule is CSc1ccc(C(Cl)c2ccc(C(C)(C)C)cc2)cc1. The van der Waals surface area contributed by atoms with E-state index in [-0.39, 0.29) is 10.8 Å². The van der Waals surface area contributed by atoms with Gasteiger partial charge in [-0.3, -0.25) is 0 Å². The zero-order valence-corrected chi connectivity index (χ0v) is 14.1. The molecule has 0 aliphatic rings. The van der Waals surface area contributed by atoms with Gasteiger partial charge in [0.25, 0.3) is 0 Å². The van der Waals surface area contributed by atoms with E-state index in [4.69, 9.17) is 11.6 Å². The minimum atomic E-state index is -0.0834. The lowest BCUT2D eigenvalue weighted by molar-refractivity contribution is 0.590. The number of rotatable bonds is 3. The number of hydrogen-bond donors (Lipinski definition) is 0. The Morgan fingerprint density at radius 3 is 1.70 bits per heavy atom. The number of hydrogen-bond acceptors (Lipinski definition) is 1. The molecule has 0 aromatic heterocycles. The van der Waals surface area contributed by atoms with Crippen LogP contribution >= 0.6 is 23.4 Å². The summed E-state index contributed by atoms with van der Waals surface area (Å²) in [7, 11) is 0. The Morgan fingerprint density at radius 1 is 0.850 bits per heavy atom. The van der Waals surface area contributed by atoms with Crippen molar-refractivity contribution in [3.05, 3.63) is 65.2 Å². The Labute approximate surface area is 131 Å². The highest BCUT2D eigenvalue weighted by molar-refractivity contribution is 7.98. The monoisotopic (exact) mass is 304 g/mol. The van der Waals surface area contributed by atoms with E-state index in [1.165, 1.54) is 10.5 Å². The van der Waals surface area contributed by atoms with Crippen molar-refractivity contribution in [1.29, 1.82) is 0 Å². The molecule has 0 nitrogen and oxygen atoms in total. The van der Waals surface area contributed by atoms with E-state index >= 15 is 0 Å². The minimum absolute atomic E-state index is 0.0834. The van der Waals surface area contributed by atoms with Crippen molar-refractivity contribution in [2.45, 2.75) is 36.5 Å². The molecule has 0 spiro atoms. The maximum absolute atomic E-state index is 6.59. The summed E-state index contributed by atoms with van der Waals surface area (Å²) in [4.78, 5) is 1.26. The van der Waals surface area contributed by atoms with Gasteiger partial charge < -0.3 is 0 Å². The number of benzene rings is 2. The second-order valence-corrected chi connectivity index (χ2v) is 7.32. The van der Waals surface area contributed by atoms with Gasteiger partial charge >= 0.3 is 0 Å². The second kappa shape index (κ2) is 6.24. The number of alkyl halides is 1. The van der Waals surface area contributed by atoms with E-state index in [9.17, 15) is 0 Å². The topological polar surface area (TPSA) is 0 Å². The van der Waals surface area contributed by atoms with Crippen molar-refractivity contribution < 1.29 is 0 Å². The minimum Gasteiger partial charge on any atom is -0.130 e. The highest BCUT2D eigenvalue weighted by atomic mass is 35.5. The third-order valence-corrected chi connectivity index (χ3v) is 4.73. The molecule has 0 amide bonds. The lowest BCUT2D eigenvalue weighted by Gasteiger charge is -2.20. The van der Waals surface area contributed by atoms with Crippen molar-refractivity contribution in [3.63, 3.8) is 0 Å². The van der Waals surface area contributed by atoms with Gasteiger partial charge in [-0.05, 0) is 40.5 Å². The van der Waals surface area contributed by atoms with Crippen LogP contribution in [0.2, 0.25) is 0 Å². The van der Waals surface area contributed by atoms with Crippen LogP contribution in [-0.4, -0.2) is 6.26 Å². The summed E-state index contributed by atoms with van der Waals surface area (Å²) >= 11 is 8.33. The van der Waals surface area contributed by atoms with Crippen molar-refractivity contribution >= 4 is 23.4 Å². The fraction of sp³-hybridized carbons (Fsp3) is 0.333. The molecule has 106 valence electrons. The summed E-state index contributed by atoms with van der Waals surface area (Å²) in [5, 5.41) is -0.0834. The van der Waals surface area contributed by atoms with Gasteiger partial charge in [0.2, 0.25) is 0 Å². The van der Waals surface area contributed by atoms with Crippen LogP contribution in [0.4, 0.5) is 0 Å². The van der Waals surface area contributed by atoms with Crippen molar-refractivity contribution in [2.75, 3.05) is 6.26 Å². The quantitative estimate of drug-likeness (QED) is 0.492. The molecule has 20 heavy (non-hydrogen) atoms. The lowest BCUT2D eigenvalue weighted by atomic mass is 9.86. The van der Waals surface area contributed by atoms with Crippen LogP contribution < -0.4 is 0 Å². The Hall–Kier alpha value is -0.920. The summed E-state index contributed by atoms with van der Waals surface area (Å²) in [6.45, 7) is 6.67. The van der Waals surface area contributed by atoms with E-state index in [1.807, 2.05) is 0 Å². The van der Waals surface area contributed by atoms with Crippen molar-refractivity contribution in [1.82, 2.24) is 0 Å². The Kier molecular flexibility index (Phi) is 4.82. The maximum atomic E-state index is 6.59. The molecule has 0 aliphatic heterocycles. The first-order chi connectivity index (χ1) is 9.41. The standard InChI is InChI=1S/C18H21ClS/c1-18(2,3)15-9-5-13(6-10-15)17(19)14-7-11-16(20-4)12-8-14/h5-12,17H,1-4H3. The fourth-order valence-electron chi connectivity index (χ4n) is 2.12. The van der Waals surface area contributed by atoms with Crippen molar-refractivity contribution in [3.8, 4) is 0 Å². The van der Waals surface area contributed by atoms with Crippen LogP contribution in [0.25, 0.3) is 0 Å². The third kappa shape index (κ3) is 3.59. The molecule has 0 radical (unpaired) electrons. The molecule has 2 aromatic carbocycles. The molecule has 0 N–H and O–H groups in total. The second-order valence-electron chi connectivity index (χ2n) is 6.01. The molecule has 2 heteroatoms. The van der Waals surface area contributed by atoms with Crippen LogP contribution in [0.3, 0.4) is 0 Å².